The number of aliphatic hydroxyl groups is 1. The molecule has 3 atom stereocenters. The van der Waals surface area contributed by atoms with Crippen LogP contribution < -0.4 is 15.5 Å². The van der Waals surface area contributed by atoms with Gasteiger partial charge in [-0.05, 0) is 25.5 Å². The minimum atomic E-state index is -0.401. The molecular formula is C18H31Cl3N4O2. The fourth-order valence-corrected chi connectivity index (χ4v) is 3.52. The summed E-state index contributed by atoms with van der Waals surface area (Å²) in [5, 5.41) is 15.6. The highest BCUT2D eigenvalue weighted by Crippen LogP contribution is 2.15. The van der Waals surface area contributed by atoms with E-state index in [2.05, 4.69) is 44.7 Å². The number of rotatable bonds is 5. The molecule has 2 fully saturated rings. The van der Waals surface area contributed by atoms with Crippen molar-refractivity contribution in [1.82, 2.24) is 15.5 Å². The van der Waals surface area contributed by atoms with Crippen molar-refractivity contribution < 1.29 is 9.90 Å². The van der Waals surface area contributed by atoms with E-state index in [4.69, 9.17) is 0 Å². The largest absolute Gasteiger partial charge is 0.392 e. The molecule has 156 valence electrons. The van der Waals surface area contributed by atoms with Gasteiger partial charge in [-0.1, -0.05) is 18.2 Å². The predicted molar refractivity (Wildman–Crippen MR) is 117 cm³/mol. The van der Waals surface area contributed by atoms with E-state index in [0.717, 1.165) is 32.7 Å². The molecule has 0 aromatic heterocycles. The lowest BCUT2D eigenvalue weighted by atomic mass is 10.1. The molecule has 0 radical (unpaired) electrons. The van der Waals surface area contributed by atoms with Gasteiger partial charge in [0, 0.05) is 51.0 Å². The number of piperazine rings is 1. The van der Waals surface area contributed by atoms with Crippen LogP contribution in [0.1, 0.15) is 13.3 Å². The van der Waals surface area contributed by atoms with Crippen LogP contribution in [0.4, 0.5) is 5.69 Å². The lowest BCUT2D eigenvalue weighted by Gasteiger charge is -2.37. The van der Waals surface area contributed by atoms with Crippen molar-refractivity contribution in [1.29, 1.82) is 0 Å². The number of nitrogens with one attached hydrogen (secondary N) is 2. The highest BCUT2D eigenvalue weighted by Gasteiger charge is 2.29. The molecule has 1 aromatic carbocycles. The summed E-state index contributed by atoms with van der Waals surface area (Å²) in [4.78, 5) is 17.0. The second-order valence-corrected chi connectivity index (χ2v) is 6.88. The van der Waals surface area contributed by atoms with E-state index in [9.17, 15) is 9.90 Å². The second-order valence-electron chi connectivity index (χ2n) is 6.88. The highest BCUT2D eigenvalue weighted by atomic mass is 35.5. The number of halogens is 3. The van der Waals surface area contributed by atoms with E-state index in [1.54, 1.807) is 0 Å². The fraction of sp³-hybridized carbons (Fsp3) is 0.611. The molecule has 3 rings (SSSR count). The Balaban J connectivity index is 0.00000225. The van der Waals surface area contributed by atoms with Crippen molar-refractivity contribution in [3.05, 3.63) is 30.3 Å². The third kappa shape index (κ3) is 7.64. The first kappa shape index (κ1) is 26.2. The van der Waals surface area contributed by atoms with Gasteiger partial charge in [0.05, 0.1) is 12.1 Å². The number of aliphatic hydroxyl groups excluding tert-OH is 1. The monoisotopic (exact) mass is 440 g/mol. The van der Waals surface area contributed by atoms with Gasteiger partial charge in [0.1, 0.15) is 0 Å². The smallest absolute Gasteiger partial charge is 0.237 e. The Morgan fingerprint density at radius 2 is 1.81 bits per heavy atom. The lowest BCUT2D eigenvalue weighted by molar-refractivity contribution is -0.123. The van der Waals surface area contributed by atoms with Gasteiger partial charge in [0.2, 0.25) is 5.91 Å². The number of anilines is 1. The summed E-state index contributed by atoms with van der Waals surface area (Å²) in [6, 6.07) is 10.4. The molecule has 2 saturated heterocycles. The molecule has 0 bridgehead atoms. The van der Waals surface area contributed by atoms with Gasteiger partial charge < -0.3 is 20.6 Å². The number of para-hydroxylation sites is 1. The Kier molecular flexibility index (Phi) is 12.3. The maximum Gasteiger partial charge on any atom is 0.237 e. The Morgan fingerprint density at radius 3 is 2.37 bits per heavy atom. The summed E-state index contributed by atoms with van der Waals surface area (Å²) >= 11 is 0. The molecule has 6 nitrogen and oxygen atoms in total. The van der Waals surface area contributed by atoms with Crippen molar-refractivity contribution >= 4 is 48.8 Å². The number of hydrogen-bond acceptors (Lipinski definition) is 5. The molecule has 0 aliphatic carbocycles. The zero-order valence-electron chi connectivity index (χ0n) is 15.5. The van der Waals surface area contributed by atoms with E-state index >= 15 is 0 Å². The molecular weight excluding hydrogens is 411 g/mol. The SMILES string of the molecule is CC(CN1CCN(c2ccccc2)CC1)NC(=O)C1CC(O)CN1.Cl.Cl.Cl. The first-order valence-electron chi connectivity index (χ1n) is 8.86. The molecule has 2 aliphatic heterocycles. The van der Waals surface area contributed by atoms with Crippen molar-refractivity contribution in [2.75, 3.05) is 44.2 Å². The molecule has 0 saturated carbocycles. The van der Waals surface area contributed by atoms with E-state index in [1.165, 1.54) is 5.69 Å². The topological polar surface area (TPSA) is 67.8 Å². The van der Waals surface area contributed by atoms with Crippen LogP contribution in [0, 0.1) is 0 Å². The number of carbonyl (C=O) groups is 1. The third-order valence-electron chi connectivity index (χ3n) is 4.84. The van der Waals surface area contributed by atoms with Gasteiger partial charge in [-0.15, -0.1) is 37.2 Å². The van der Waals surface area contributed by atoms with Crippen LogP contribution in [0.25, 0.3) is 0 Å². The Labute approximate surface area is 180 Å². The first-order valence-corrected chi connectivity index (χ1v) is 8.86. The van der Waals surface area contributed by atoms with Crippen LogP contribution in [0.5, 0.6) is 0 Å². The number of amides is 1. The summed E-state index contributed by atoms with van der Waals surface area (Å²) in [6.07, 6.45) is 0.107. The lowest BCUT2D eigenvalue weighted by Crippen LogP contribution is -2.52. The Bertz CT molecular complexity index is 545. The van der Waals surface area contributed by atoms with Crippen molar-refractivity contribution in [2.24, 2.45) is 0 Å². The zero-order valence-corrected chi connectivity index (χ0v) is 18.0. The van der Waals surface area contributed by atoms with Crippen LogP contribution >= 0.6 is 37.2 Å². The maximum absolute atomic E-state index is 12.2. The second kappa shape index (κ2) is 12.6. The van der Waals surface area contributed by atoms with Gasteiger partial charge in [-0.2, -0.15) is 0 Å². The van der Waals surface area contributed by atoms with Gasteiger partial charge in [-0.3, -0.25) is 9.69 Å². The van der Waals surface area contributed by atoms with Gasteiger partial charge in [-0.25, -0.2) is 0 Å². The van der Waals surface area contributed by atoms with Gasteiger partial charge >= 0.3 is 0 Å². The van der Waals surface area contributed by atoms with E-state index in [1.807, 2.05) is 13.0 Å². The molecule has 9 heteroatoms. The van der Waals surface area contributed by atoms with Crippen molar-refractivity contribution in [3.63, 3.8) is 0 Å². The quantitative estimate of drug-likeness (QED) is 0.643. The average Bonchev–Trinajstić information content (AvgIpc) is 3.03. The van der Waals surface area contributed by atoms with Gasteiger partial charge in [0.15, 0.2) is 0 Å². The number of β-amino-alcohol motifs (C(OH)–C–C–N with tert-alkyl or cyclic N) is 1. The summed E-state index contributed by atoms with van der Waals surface area (Å²) in [5.41, 5.74) is 1.28. The van der Waals surface area contributed by atoms with E-state index in [-0.39, 0.29) is 55.2 Å². The van der Waals surface area contributed by atoms with Gasteiger partial charge in [0.25, 0.3) is 0 Å². The number of hydrogen-bond donors (Lipinski definition) is 3. The summed E-state index contributed by atoms with van der Waals surface area (Å²) in [5.74, 6) is 0.00183. The fourth-order valence-electron chi connectivity index (χ4n) is 3.52. The zero-order chi connectivity index (χ0) is 16.9. The third-order valence-corrected chi connectivity index (χ3v) is 4.84. The molecule has 2 aliphatic rings. The molecule has 1 amide bonds. The molecule has 3 N–H and O–H groups in total. The molecule has 1 aromatic rings. The predicted octanol–water partition coefficient (Wildman–Crippen LogP) is 1.30. The molecule has 3 unspecified atom stereocenters. The Hall–Kier alpha value is -0.760. The van der Waals surface area contributed by atoms with E-state index < -0.39 is 6.10 Å². The van der Waals surface area contributed by atoms with Crippen LogP contribution in [-0.2, 0) is 4.79 Å². The number of carbonyl (C=O) groups excluding carboxylic acids is 1. The normalized spacial score (nSPS) is 23.4. The minimum Gasteiger partial charge on any atom is -0.392 e. The van der Waals surface area contributed by atoms with Crippen molar-refractivity contribution in [3.8, 4) is 0 Å². The van der Waals surface area contributed by atoms with E-state index in [0.29, 0.717) is 13.0 Å². The number of nitrogens with zero attached hydrogens (tertiary/aromatic N) is 2. The molecule has 2 heterocycles. The average molecular weight is 442 g/mol. The number of benzene rings is 1. The van der Waals surface area contributed by atoms with Crippen LogP contribution in [0.2, 0.25) is 0 Å². The highest BCUT2D eigenvalue weighted by molar-refractivity contribution is 5.86. The van der Waals surface area contributed by atoms with Crippen molar-refractivity contribution in [2.45, 2.75) is 31.5 Å². The Morgan fingerprint density at radius 1 is 1.19 bits per heavy atom. The summed E-state index contributed by atoms with van der Waals surface area (Å²) in [6.45, 7) is 7.47. The van der Waals surface area contributed by atoms with Crippen LogP contribution in [0.15, 0.2) is 30.3 Å². The standard InChI is InChI=1S/C18H28N4O2.3ClH/c1-14(20-18(24)17-11-16(23)12-19-17)13-21-7-9-22(10-8-21)15-5-3-2-4-6-15;;;/h2-6,14,16-17,19,23H,7-13H2,1H3,(H,20,24);3*1H. The maximum atomic E-state index is 12.2. The van der Waals surface area contributed by atoms with Crippen LogP contribution in [-0.4, -0.2) is 73.4 Å². The first-order chi connectivity index (χ1) is 11.6. The molecule has 0 spiro atoms. The molecule has 27 heavy (non-hydrogen) atoms. The summed E-state index contributed by atoms with van der Waals surface area (Å²) in [7, 11) is 0. The summed E-state index contributed by atoms with van der Waals surface area (Å²) < 4.78 is 0. The van der Waals surface area contributed by atoms with Crippen LogP contribution in [0.3, 0.4) is 0 Å². The minimum absolute atomic E-state index is 0.